The van der Waals surface area contributed by atoms with E-state index < -0.39 is 59.6 Å². The Balaban J connectivity index is 1.63. The molecule has 6 atom stereocenters. The molecule has 2 amide bonds. The number of nitrogens with zero attached hydrogens (tertiary/aromatic N) is 3. The molecule has 4 aliphatic rings. The number of aromatic nitrogens is 1. The van der Waals surface area contributed by atoms with Crippen molar-refractivity contribution in [2.24, 2.45) is 0 Å². The quantitative estimate of drug-likeness (QED) is 0.324. The summed E-state index contributed by atoms with van der Waals surface area (Å²) in [5, 5.41) is 24.8. The Morgan fingerprint density at radius 2 is 1.90 bits per heavy atom. The molecule has 2 fully saturated rings. The van der Waals surface area contributed by atoms with Gasteiger partial charge in [0.1, 0.15) is 29.6 Å². The van der Waals surface area contributed by atoms with E-state index in [2.05, 4.69) is 0 Å². The van der Waals surface area contributed by atoms with Crippen LogP contribution in [0, 0.1) is 0 Å². The standard InChI is InChI=1S/C29H35N3O9/c1-14(2)9-22-31-19-10-16(38-6)7-8-18(19)23-24(31)21(12-28(4,5)41-40-22)32-26(35)20-11-17(39-15(3)33)13-30(20)27(36)29(32,37)25(23)34/h7-10,17,20-22,25,34,37H,11-13H2,1-6H3/t17-,20-,21-,22+,25-,29+/m0/s1. The SMILES string of the molecule is COc1ccc2c3c4n(c2c1)[C@@H](C=C(C)C)OOC(C)(C)C[C@@H]4N1C(=O)[C@@H]2C[C@H](OC(C)=O)CN2C(=O)[C@]1(O)[C@H]3O. The first kappa shape index (κ1) is 27.7. The third-order valence-corrected chi connectivity index (χ3v) is 8.42. The smallest absolute Gasteiger partial charge is 0.302 e. The molecule has 0 aliphatic carbocycles. The van der Waals surface area contributed by atoms with Crippen LogP contribution in [0.4, 0.5) is 0 Å². The molecule has 0 unspecified atom stereocenters. The summed E-state index contributed by atoms with van der Waals surface area (Å²) >= 11 is 0. The molecule has 12 heteroatoms. The minimum Gasteiger partial charge on any atom is -0.497 e. The summed E-state index contributed by atoms with van der Waals surface area (Å²) in [6, 6.07) is 3.44. The second kappa shape index (κ2) is 9.28. The van der Waals surface area contributed by atoms with Gasteiger partial charge in [-0.3, -0.25) is 19.3 Å². The molecule has 1 aromatic heterocycles. The maximum absolute atomic E-state index is 14.3. The van der Waals surface area contributed by atoms with E-state index in [4.69, 9.17) is 19.2 Å². The van der Waals surface area contributed by atoms with Gasteiger partial charge in [0.2, 0.25) is 5.91 Å². The van der Waals surface area contributed by atoms with E-state index in [-0.39, 0.29) is 19.4 Å². The van der Waals surface area contributed by atoms with Crippen LogP contribution in [-0.2, 0) is 28.9 Å². The summed E-state index contributed by atoms with van der Waals surface area (Å²) in [4.78, 5) is 54.3. The molecule has 5 heterocycles. The molecule has 41 heavy (non-hydrogen) atoms. The fourth-order valence-electron chi connectivity index (χ4n) is 6.84. The van der Waals surface area contributed by atoms with E-state index in [0.29, 0.717) is 27.9 Å². The van der Waals surface area contributed by atoms with Crippen LogP contribution >= 0.6 is 0 Å². The van der Waals surface area contributed by atoms with Crippen molar-refractivity contribution in [1.82, 2.24) is 14.4 Å². The van der Waals surface area contributed by atoms with Gasteiger partial charge in [0, 0.05) is 36.8 Å². The van der Waals surface area contributed by atoms with Crippen LogP contribution in [0.2, 0.25) is 0 Å². The van der Waals surface area contributed by atoms with Gasteiger partial charge in [0.05, 0.1) is 30.9 Å². The Kier molecular flexibility index (Phi) is 6.27. The molecule has 2 N–H and O–H groups in total. The molecular formula is C29H35N3O9. The number of allylic oxidation sites excluding steroid dienone is 1. The summed E-state index contributed by atoms with van der Waals surface area (Å²) < 4.78 is 12.7. The van der Waals surface area contributed by atoms with Crippen molar-refractivity contribution in [2.45, 2.75) is 89.3 Å². The predicted molar refractivity (Wildman–Crippen MR) is 143 cm³/mol. The van der Waals surface area contributed by atoms with Crippen LogP contribution in [0.15, 0.2) is 29.8 Å². The van der Waals surface area contributed by atoms with Crippen LogP contribution in [-0.4, -0.2) is 79.5 Å². The number of carbonyl (C=O) groups excluding carboxylic acids is 3. The van der Waals surface area contributed by atoms with Crippen molar-refractivity contribution in [3.63, 3.8) is 0 Å². The number of hydrogen-bond acceptors (Lipinski definition) is 9. The summed E-state index contributed by atoms with van der Waals surface area (Å²) in [5.74, 6) is -1.34. The van der Waals surface area contributed by atoms with E-state index >= 15 is 0 Å². The topological polar surface area (TPSA) is 140 Å². The predicted octanol–water partition coefficient (Wildman–Crippen LogP) is 2.40. The third-order valence-electron chi connectivity index (χ3n) is 8.42. The maximum atomic E-state index is 14.3. The van der Waals surface area contributed by atoms with Crippen LogP contribution in [0.5, 0.6) is 5.75 Å². The number of rotatable bonds is 3. The van der Waals surface area contributed by atoms with Crippen molar-refractivity contribution >= 4 is 28.7 Å². The average Bonchev–Trinajstić information content (AvgIpc) is 3.46. The van der Waals surface area contributed by atoms with Gasteiger partial charge in [0.15, 0.2) is 6.23 Å². The largest absolute Gasteiger partial charge is 0.497 e. The molecule has 2 saturated heterocycles. The van der Waals surface area contributed by atoms with Crippen molar-refractivity contribution in [1.29, 1.82) is 0 Å². The molecule has 0 spiro atoms. The fourth-order valence-corrected chi connectivity index (χ4v) is 6.84. The second-order valence-corrected chi connectivity index (χ2v) is 12.1. The van der Waals surface area contributed by atoms with Gasteiger partial charge in [-0.1, -0.05) is 5.57 Å². The molecule has 6 rings (SSSR count). The van der Waals surface area contributed by atoms with E-state index in [0.717, 1.165) is 10.5 Å². The highest BCUT2D eigenvalue weighted by atomic mass is 17.2. The molecule has 0 saturated carbocycles. The first-order chi connectivity index (χ1) is 19.3. The van der Waals surface area contributed by atoms with Gasteiger partial charge in [-0.25, -0.2) is 9.78 Å². The summed E-state index contributed by atoms with van der Waals surface area (Å²) in [7, 11) is 1.54. The van der Waals surface area contributed by atoms with Crippen LogP contribution in [0.3, 0.4) is 0 Å². The van der Waals surface area contributed by atoms with Gasteiger partial charge < -0.3 is 29.2 Å². The maximum Gasteiger partial charge on any atom is 0.302 e. The summed E-state index contributed by atoms with van der Waals surface area (Å²) in [6.07, 6.45) is -1.20. The normalized spacial score (nSPS) is 32.0. The first-order valence-corrected chi connectivity index (χ1v) is 13.7. The van der Waals surface area contributed by atoms with Crippen molar-refractivity contribution in [3.05, 3.63) is 41.1 Å². The van der Waals surface area contributed by atoms with Gasteiger partial charge in [-0.2, -0.15) is 0 Å². The number of hydrogen-bond donors (Lipinski definition) is 2. The van der Waals surface area contributed by atoms with Crippen molar-refractivity contribution in [3.8, 4) is 5.75 Å². The van der Waals surface area contributed by atoms with E-state index in [1.54, 1.807) is 39.2 Å². The number of ether oxygens (including phenoxy) is 2. The number of methoxy groups -OCH3 is 1. The van der Waals surface area contributed by atoms with Gasteiger partial charge in [-0.15, -0.1) is 0 Å². The van der Waals surface area contributed by atoms with Crippen LogP contribution in [0.25, 0.3) is 10.9 Å². The van der Waals surface area contributed by atoms with E-state index in [9.17, 15) is 24.6 Å². The minimum absolute atomic E-state index is 0.0563. The number of piperazine rings is 1. The lowest BCUT2D eigenvalue weighted by Gasteiger charge is -2.56. The Morgan fingerprint density at radius 3 is 2.56 bits per heavy atom. The van der Waals surface area contributed by atoms with E-state index in [1.165, 1.54) is 11.8 Å². The molecule has 12 nitrogen and oxygen atoms in total. The number of amides is 2. The number of fused-ring (bicyclic) bond motifs is 6. The van der Waals surface area contributed by atoms with Crippen molar-refractivity contribution in [2.75, 3.05) is 13.7 Å². The van der Waals surface area contributed by atoms with Crippen LogP contribution in [0.1, 0.15) is 77.1 Å². The summed E-state index contributed by atoms with van der Waals surface area (Å²) in [6.45, 7) is 8.63. The second-order valence-electron chi connectivity index (χ2n) is 12.1. The molecule has 2 aromatic rings. The Labute approximate surface area is 236 Å². The number of esters is 1. The van der Waals surface area contributed by atoms with Crippen LogP contribution < -0.4 is 4.74 Å². The molecule has 4 aliphatic heterocycles. The average molecular weight is 570 g/mol. The first-order valence-electron chi connectivity index (χ1n) is 13.7. The number of aliphatic hydroxyl groups excluding tert-OH is 1. The number of benzene rings is 1. The van der Waals surface area contributed by atoms with Crippen molar-refractivity contribution < 1.29 is 43.8 Å². The molecule has 220 valence electrons. The number of carbonyl (C=O) groups is 3. The molecular weight excluding hydrogens is 534 g/mol. The molecule has 0 radical (unpaired) electrons. The van der Waals surface area contributed by atoms with Gasteiger partial charge in [0.25, 0.3) is 11.6 Å². The zero-order valence-corrected chi connectivity index (χ0v) is 23.9. The Morgan fingerprint density at radius 1 is 1.17 bits per heavy atom. The fraction of sp³-hybridized carbons (Fsp3) is 0.552. The van der Waals surface area contributed by atoms with Gasteiger partial charge >= 0.3 is 5.97 Å². The highest BCUT2D eigenvalue weighted by Crippen LogP contribution is 2.55. The van der Waals surface area contributed by atoms with E-state index in [1.807, 2.05) is 24.5 Å². The monoisotopic (exact) mass is 569 g/mol. The third kappa shape index (κ3) is 3.99. The highest BCUT2D eigenvalue weighted by molar-refractivity contribution is 6.02. The Hall–Kier alpha value is -3.45. The highest BCUT2D eigenvalue weighted by Gasteiger charge is 2.67. The summed E-state index contributed by atoms with van der Waals surface area (Å²) in [5.41, 5.74) is -1.15. The lowest BCUT2D eigenvalue weighted by atomic mass is 9.79. The molecule has 1 aromatic carbocycles. The molecule has 0 bridgehead atoms. The lowest BCUT2D eigenvalue weighted by molar-refractivity contribution is -0.390. The lowest BCUT2D eigenvalue weighted by Crippen LogP contribution is -2.74. The zero-order chi connectivity index (χ0) is 29.6. The number of aliphatic hydroxyl groups is 2. The Bertz CT molecular complexity index is 1490. The zero-order valence-electron chi connectivity index (χ0n) is 23.9. The minimum atomic E-state index is -2.60. The van der Waals surface area contributed by atoms with Gasteiger partial charge in [-0.05, 0) is 45.9 Å².